The summed E-state index contributed by atoms with van der Waals surface area (Å²) < 4.78 is 27.1. The Morgan fingerprint density at radius 3 is 2.22 bits per heavy atom. The van der Waals surface area contributed by atoms with Crippen LogP contribution in [0.25, 0.3) is 0 Å². The lowest BCUT2D eigenvalue weighted by atomic mass is 10.2. The van der Waals surface area contributed by atoms with E-state index < -0.39 is 19.2 Å². The molecule has 1 aromatic rings. The van der Waals surface area contributed by atoms with Gasteiger partial charge in [-0.15, -0.1) is 0 Å². The van der Waals surface area contributed by atoms with Gasteiger partial charge in [0.25, 0.3) is 0 Å². The first-order valence-electron chi connectivity index (χ1n) is 5.40. The van der Waals surface area contributed by atoms with E-state index in [1.807, 2.05) is 30.3 Å². The van der Waals surface area contributed by atoms with Gasteiger partial charge in [0, 0.05) is 14.2 Å². The molecule has 5 nitrogen and oxygen atoms in total. The maximum atomic E-state index is 12.1. The summed E-state index contributed by atoms with van der Waals surface area (Å²) in [6, 6.07) is 9.28. The maximum absolute atomic E-state index is 12.1. The van der Waals surface area contributed by atoms with Crippen molar-refractivity contribution in [3.05, 3.63) is 35.9 Å². The minimum absolute atomic E-state index is 0.168. The summed E-state index contributed by atoms with van der Waals surface area (Å²) in [4.78, 5) is 11.5. The molecule has 100 valence electrons. The average molecular weight is 272 g/mol. The van der Waals surface area contributed by atoms with Gasteiger partial charge >= 0.3 is 7.60 Å². The fourth-order valence-electron chi connectivity index (χ4n) is 1.45. The molecule has 0 heterocycles. The quantitative estimate of drug-likeness (QED) is 0.714. The number of rotatable bonds is 7. The molecular formula is C12H17O5P. The molecule has 0 amide bonds. The van der Waals surface area contributed by atoms with Crippen LogP contribution in [-0.2, 0) is 29.8 Å². The minimum atomic E-state index is -3.56. The molecule has 0 saturated carbocycles. The summed E-state index contributed by atoms with van der Waals surface area (Å²) in [5, 5.41) is 0. The molecule has 18 heavy (non-hydrogen) atoms. The first-order valence-corrected chi connectivity index (χ1v) is 7.02. The number of carbonyl (C=O) groups is 1. The molecule has 6 heteroatoms. The molecule has 0 aromatic heterocycles. The zero-order chi connectivity index (χ0) is 13.6. The highest BCUT2D eigenvalue weighted by Gasteiger charge is 2.38. The predicted molar refractivity (Wildman–Crippen MR) is 67.3 cm³/mol. The molecule has 0 N–H and O–H groups in total. The van der Waals surface area contributed by atoms with E-state index in [2.05, 4.69) is 0 Å². The number of hydrogen-bond donors (Lipinski definition) is 0. The summed E-state index contributed by atoms with van der Waals surface area (Å²) in [5.74, 6) is -1.59. The van der Waals surface area contributed by atoms with Crippen molar-refractivity contribution in [1.29, 1.82) is 0 Å². The molecule has 1 aromatic carbocycles. The molecule has 0 radical (unpaired) electrons. The fraction of sp³-hybridized carbons (Fsp3) is 0.417. The van der Waals surface area contributed by atoms with Crippen molar-refractivity contribution in [2.24, 2.45) is 0 Å². The minimum Gasteiger partial charge on any atom is -0.354 e. The van der Waals surface area contributed by atoms with E-state index in [0.29, 0.717) is 0 Å². The van der Waals surface area contributed by atoms with Gasteiger partial charge in [-0.3, -0.25) is 9.36 Å². The van der Waals surface area contributed by atoms with Crippen LogP contribution >= 0.6 is 7.60 Å². The Morgan fingerprint density at radius 2 is 1.78 bits per heavy atom. The van der Waals surface area contributed by atoms with E-state index in [1.165, 1.54) is 21.1 Å². The first kappa shape index (κ1) is 15.1. The maximum Gasteiger partial charge on any atom is 0.366 e. The van der Waals surface area contributed by atoms with Crippen molar-refractivity contribution in [2.45, 2.75) is 19.4 Å². The third-order valence-corrected chi connectivity index (χ3v) is 4.50. The van der Waals surface area contributed by atoms with Gasteiger partial charge in [-0.2, -0.15) is 0 Å². The zero-order valence-electron chi connectivity index (χ0n) is 10.7. The van der Waals surface area contributed by atoms with Gasteiger partial charge in [-0.25, -0.2) is 0 Å². The third-order valence-electron chi connectivity index (χ3n) is 2.39. The van der Waals surface area contributed by atoms with E-state index in [1.54, 1.807) is 0 Å². The third kappa shape index (κ3) is 3.75. The lowest BCUT2D eigenvalue weighted by Gasteiger charge is -2.22. The summed E-state index contributed by atoms with van der Waals surface area (Å²) in [6.07, 6.45) is 0. The van der Waals surface area contributed by atoms with Gasteiger partial charge in [0.05, 0.1) is 6.61 Å². The molecule has 1 unspecified atom stereocenters. The van der Waals surface area contributed by atoms with Crippen LogP contribution < -0.4 is 0 Å². The Kier molecular flexibility index (Phi) is 5.69. The normalized spacial score (nSPS) is 13.3. The molecule has 0 aliphatic rings. The van der Waals surface area contributed by atoms with E-state index in [9.17, 15) is 9.36 Å². The largest absolute Gasteiger partial charge is 0.366 e. The van der Waals surface area contributed by atoms with Gasteiger partial charge in [0.15, 0.2) is 5.78 Å². The average Bonchev–Trinajstić information content (AvgIpc) is 2.39. The number of hydrogen-bond acceptors (Lipinski definition) is 5. The molecule has 0 spiro atoms. The van der Waals surface area contributed by atoms with Crippen LogP contribution in [0.1, 0.15) is 12.5 Å². The van der Waals surface area contributed by atoms with Crippen molar-refractivity contribution >= 4 is 13.4 Å². The molecule has 0 bridgehead atoms. The Balaban J connectivity index is 2.76. The molecular weight excluding hydrogens is 255 g/mol. The van der Waals surface area contributed by atoms with Crippen molar-refractivity contribution in [3.63, 3.8) is 0 Å². The highest BCUT2D eigenvalue weighted by atomic mass is 31.2. The predicted octanol–water partition coefficient (Wildman–Crippen LogP) is 2.60. The number of Topliss-reactive ketones (excluding diaryl/α,β-unsaturated/α-hetero) is 1. The van der Waals surface area contributed by atoms with Gasteiger partial charge in [0.2, 0.25) is 5.85 Å². The Hall–Kier alpha value is -1.00. The SMILES string of the molecule is COP(=O)(OC)C(OCc1ccccc1)C(C)=O. The van der Waals surface area contributed by atoms with E-state index in [-0.39, 0.29) is 6.61 Å². The highest BCUT2D eigenvalue weighted by molar-refractivity contribution is 7.55. The van der Waals surface area contributed by atoms with Crippen molar-refractivity contribution < 1.29 is 23.1 Å². The standard InChI is InChI=1S/C12H17O5P/c1-10(13)12(18(14,15-2)16-3)17-9-11-7-5-4-6-8-11/h4-8,12H,9H2,1-3H3. The first-order chi connectivity index (χ1) is 8.53. The summed E-state index contributed by atoms with van der Waals surface area (Å²) in [6.45, 7) is 1.46. The highest BCUT2D eigenvalue weighted by Crippen LogP contribution is 2.52. The molecule has 1 rings (SSSR count). The molecule has 0 aliphatic heterocycles. The van der Waals surface area contributed by atoms with Crippen LogP contribution in [0, 0.1) is 0 Å². The number of benzene rings is 1. The van der Waals surface area contributed by atoms with E-state index >= 15 is 0 Å². The van der Waals surface area contributed by atoms with Gasteiger partial charge in [0.1, 0.15) is 0 Å². The lowest BCUT2D eigenvalue weighted by Crippen LogP contribution is -2.23. The summed E-state index contributed by atoms with van der Waals surface area (Å²) in [7, 11) is -1.10. The zero-order valence-corrected chi connectivity index (χ0v) is 11.6. The number of ketones is 1. The molecule has 0 saturated heterocycles. The fourth-order valence-corrected chi connectivity index (χ4v) is 2.68. The van der Waals surface area contributed by atoms with Crippen LogP contribution in [0.4, 0.5) is 0 Å². The summed E-state index contributed by atoms with van der Waals surface area (Å²) >= 11 is 0. The van der Waals surface area contributed by atoms with Gasteiger partial charge in [-0.05, 0) is 12.5 Å². The van der Waals surface area contributed by atoms with Gasteiger partial charge in [-0.1, -0.05) is 30.3 Å². The monoisotopic (exact) mass is 272 g/mol. The topological polar surface area (TPSA) is 61.8 Å². The second kappa shape index (κ2) is 6.81. The van der Waals surface area contributed by atoms with Crippen LogP contribution in [0.5, 0.6) is 0 Å². The molecule has 0 aliphatic carbocycles. The second-order valence-electron chi connectivity index (χ2n) is 3.66. The number of ether oxygens (including phenoxy) is 1. The van der Waals surface area contributed by atoms with Crippen molar-refractivity contribution in [2.75, 3.05) is 14.2 Å². The van der Waals surface area contributed by atoms with Crippen LogP contribution in [0.2, 0.25) is 0 Å². The van der Waals surface area contributed by atoms with Crippen molar-refractivity contribution in [3.8, 4) is 0 Å². The Morgan fingerprint density at radius 1 is 1.22 bits per heavy atom. The van der Waals surface area contributed by atoms with Crippen molar-refractivity contribution in [1.82, 2.24) is 0 Å². The molecule has 0 fully saturated rings. The van der Waals surface area contributed by atoms with Gasteiger partial charge < -0.3 is 13.8 Å². The Bertz CT molecular complexity index is 423. The van der Waals surface area contributed by atoms with E-state index in [4.69, 9.17) is 13.8 Å². The number of carbonyl (C=O) groups excluding carboxylic acids is 1. The molecule has 1 atom stereocenters. The van der Waals surface area contributed by atoms with Crippen LogP contribution in [0.3, 0.4) is 0 Å². The lowest BCUT2D eigenvalue weighted by molar-refractivity contribution is -0.125. The van der Waals surface area contributed by atoms with Crippen LogP contribution in [-0.4, -0.2) is 25.8 Å². The van der Waals surface area contributed by atoms with E-state index in [0.717, 1.165) is 5.56 Å². The smallest absolute Gasteiger partial charge is 0.354 e. The van der Waals surface area contributed by atoms with Crippen LogP contribution in [0.15, 0.2) is 30.3 Å². The summed E-state index contributed by atoms with van der Waals surface area (Å²) in [5.41, 5.74) is 0.877. The Labute approximate surface area is 107 Å². The second-order valence-corrected chi connectivity index (χ2v) is 5.94.